The zero-order chi connectivity index (χ0) is 25.2. The van der Waals surface area contributed by atoms with Gasteiger partial charge in [-0.1, -0.05) is 23.7 Å². The van der Waals surface area contributed by atoms with Crippen molar-refractivity contribution in [3.05, 3.63) is 88.5 Å². The third kappa shape index (κ3) is 4.56. The summed E-state index contributed by atoms with van der Waals surface area (Å²) >= 11 is 7.25. The minimum absolute atomic E-state index is 0.288. The van der Waals surface area contributed by atoms with Gasteiger partial charge in [0, 0.05) is 27.2 Å². The van der Waals surface area contributed by atoms with Crippen LogP contribution in [0.3, 0.4) is 0 Å². The number of aromatic nitrogens is 1. The van der Waals surface area contributed by atoms with Gasteiger partial charge in [-0.05, 0) is 61.5 Å². The van der Waals surface area contributed by atoms with Crippen LogP contribution in [0.15, 0.2) is 77.4 Å². The number of halogens is 1. The summed E-state index contributed by atoms with van der Waals surface area (Å²) in [5, 5.41) is 4.11. The number of furan rings is 1. The topological polar surface area (TPSA) is 107 Å². The summed E-state index contributed by atoms with van der Waals surface area (Å²) in [7, 11) is 0. The first-order chi connectivity index (χ1) is 17.4. The number of ether oxygens (including phenoxy) is 1. The van der Waals surface area contributed by atoms with E-state index in [1.54, 1.807) is 55.7 Å². The van der Waals surface area contributed by atoms with Gasteiger partial charge in [0.2, 0.25) is 0 Å². The number of pyridine rings is 1. The second-order valence-electron chi connectivity index (χ2n) is 7.82. The summed E-state index contributed by atoms with van der Waals surface area (Å²) in [5.41, 5.74) is 10.0. The third-order valence-electron chi connectivity index (χ3n) is 5.49. The van der Waals surface area contributed by atoms with Gasteiger partial charge in [-0.25, -0.2) is 9.78 Å². The number of thiophene rings is 1. The van der Waals surface area contributed by atoms with Crippen molar-refractivity contribution < 1.29 is 18.7 Å². The van der Waals surface area contributed by atoms with Crippen LogP contribution >= 0.6 is 22.9 Å². The highest BCUT2D eigenvalue weighted by Crippen LogP contribution is 2.41. The van der Waals surface area contributed by atoms with E-state index in [0.29, 0.717) is 48.5 Å². The summed E-state index contributed by atoms with van der Waals surface area (Å²) in [4.78, 5) is 30.8. The van der Waals surface area contributed by atoms with Crippen molar-refractivity contribution in [3.63, 3.8) is 0 Å². The third-order valence-corrected chi connectivity index (χ3v) is 6.84. The number of nitrogens with zero attached hydrogens (tertiary/aromatic N) is 1. The van der Waals surface area contributed by atoms with E-state index < -0.39 is 5.97 Å². The minimum atomic E-state index is -0.419. The quantitative estimate of drug-likeness (QED) is 0.237. The van der Waals surface area contributed by atoms with E-state index in [4.69, 9.17) is 31.5 Å². The number of hydrogen-bond donors (Lipinski definition) is 2. The van der Waals surface area contributed by atoms with Crippen LogP contribution in [-0.2, 0) is 4.74 Å². The highest BCUT2D eigenvalue weighted by Gasteiger charge is 2.23. The summed E-state index contributed by atoms with van der Waals surface area (Å²) < 4.78 is 10.7. The van der Waals surface area contributed by atoms with Gasteiger partial charge in [-0.2, -0.15) is 0 Å². The first-order valence-corrected chi connectivity index (χ1v) is 12.3. The standard InChI is InChI=1S/C27H20ClN3O4S/c1-2-34-27(33)16-7-11-18(12-8-16)30-25(32)24-23(29)22-19(21-4-3-13-35-21)14-20(31-26(22)36-24)15-5-9-17(28)10-6-15/h3-14H,2,29H2,1H3,(H,30,32). The average Bonchev–Trinajstić information content (AvgIpc) is 3.53. The number of nitrogens with two attached hydrogens (primary N) is 1. The molecule has 2 aromatic carbocycles. The van der Waals surface area contributed by atoms with Crippen LogP contribution in [0.1, 0.15) is 27.0 Å². The molecule has 0 fully saturated rings. The molecule has 36 heavy (non-hydrogen) atoms. The SMILES string of the molecule is CCOC(=O)c1ccc(NC(=O)c2sc3nc(-c4ccc(Cl)cc4)cc(-c4ccco4)c3c2N)cc1. The number of carbonyl (C=O) groups is 2. The molecule has 0 bridgehead atoms. The molecule has 1 amide bonds. The molecule has 180 valence electrons. The minimum Gasteiger partial charge on any atom is -0.464 e. The van der Waals surface area contributed by atoms with Gasteiger partial charge in [0.05, 0.1) is 29.8 Å². The van der Waals surface area contributed by atoms with Crippen molar-refractivity contribution in [2.75, 3.05) is 17.7 Å². The fraction of sp³-hybridized carbons (Fsp3) is 0.0741. The summed E-state index contributed by atoms with van der Waals surface area (Å²) in [6.45, 7) is 2.03. The number of amides is 1. The molecule has 0 radical (unpaired) electrons. The van der Waals surface area contributed by atoms with E-state index in [-0.39, 0.29) is 12.5 Å². The fourth-order valence-electron chi connectivity index (χ4n) is 3.78. The van der Waals surface area contributed by atoms with Crippen LogP contribution < -0.4 is 11.1 Å². The zero-order valence-corrected chi connectivity index (χ0v) is 20.7. The lowest BCUT2D eigenvalue weighted by Crippen LogP contribution is -2.12. The second-order valence-corrected chi connectivity index (χ2v) is 9.25. The lowest BCUT2D eigenvalue weighted by atomic mass is 10.0. The summed E-state index contributed by atoms with van der Waals surface area (Å²) in [6.07, 6.45) is 1.58. The van der Waals surface area contributed by atoms with Crippen LogP contribution in [0.5, 0.6) is 0 Å². The molecule has 7 nitrogen and oxygen atoms in total. The Morgan fingerprint density at radius 3 is 2.53 bits per heavy atom. The van der Waals surface area contributed by atoms with Crippen LogP contribution in [0.4, 0.5) is 11.4 Å². The van der Waals surface area contributed by atoms with Gasteiger partial charge >= 0.3 is 5.97 Å². The van der Waals surface area contributed by atoms with Crippen molar-refractivity contribution in [1.82, 2.24) is 4.98 Å². The number of esters is 1. The molecule has 3 N–H and O–H groups in total. The molecule has 0 spiro atoms. The Kier molecular flexibility index (Phi) is 6.45. The molecule has 0 aliphatic heterocycles. The Hall–Kier alpha value is -4.14. The van der Waals surface area contributed by atoms with Crippen LogP contribution in [0, 0.1) is 0 Å². The van der Waals surface area contributed by atoms with E-state index in [9.17, 15) is 9.59 Å². The molecule has 5 aromatic rings. The van der Waals surface area contributed by atoms with E-state index in [1.165, 1.54) is 11.3 Å². The first-order valence-electron chi connectivity index (χ1n) is 11.1. The van der Waals surface area contributed by atoms with Crippen molar-refractivity contribution in [2.24, 2.45) is 0 Å². The van der Waals surface area contributed by atoms with Crippen LogP contribution in [0.25, 0.3) is 32.8 Å². The number of carbonyl (C=O) groups excluding carboxylic acids is 2. The number of anilines is 2. The molecule has 0 saturated carbocycles. The first kappa shape index (κ1) is 23.6. The molecular formula is C27H20ClN3O4S. The number of fused-ring (bicyclic) bond motifs is 1. The summed E-state index contributed by atoms with van der Waals surface area (Å²) in [5.74, 6) is -0.182. The number of hydrogen-bond acceptors (Lipinski definition) is 7. The molecule has 5 rings (SSSR count). The van der Waals surface area contributed by atoms with Gasteiger partial charge in [0.15, 0.2) is 0 Å². The predicted octanol–water partition coefficient (Wildman–Crippen LogP) is 6.89. The molecule has 0 saturated heterocycles. The average molecular weight is 518 g/mol. The van der Waals surface area contributed by atoms with Crippen molar-refractivity contribution in [1.29, 1.82) is 0 Å². The van der Waals surface area contributed by atoms with E-state index in [1.807, 2.05) is 24.3 Å². The Bertz CT molecular complexity index is 1560. The molecule has 3 heterocycles. The van der Waals surface area contributed by atoms with Crippen LogP contribution in [0.2, 0.25) is 5.02 Å². The van der Waals surface area contributed by atoms with Crippen molar-refractivity contribution in [3.8, 4) is 22.6 Å². The monoisotopic (exact) mass is 517 g/mol. The highest BCUT2D eigenvalue weighted by atomic mass is 35.5. The largest absolute Gasteiger partial charge is 0.464 e. The number of rotatable bonds is 6. The van der Waals surface area contributed by atoms with E-state index in [0.717, 1.165) is 11.1 Å². The summed E-state index contributed by atoms with van der Waals surface area (Å²) in [6, 6.07) is 19.3. The maximum absolute atomic E-state index is 13.2. The molecule has 3 aromatic heterocycles. The molecule has 0 atom stereocenters. The molecule has 0 unspecified atom stereocenters. The number of nitrogen functional groups attached to an aromatic ring is 1. The van der Waals surface area contributed by atoms with Gasteiger partial charge < -0.3 is 20.2 Å². The van der Waals surface area contributed by atoms with Crippen LogP contribution in [-0.4, -0.2) is 23.5 Å². The smallest absolute Gasteiger partial charge is 0.338 e. The fourth-order valence-corrected chi connectivity index (χ4v) is 4.92. The second kappa shape index (κ2) is 9.85. The Morgan fingerprint density at radius 1 is 1.11 bits per heavy atom. The lowest BCUT2D eigenvalue weighted by molar-refractivity contribution is 0.0526. The molecule has 9 heteroatoms. The Balaban J connectivity index is 1.53. The van der Waals surface area contributed by atoms with E-state index >= 15 is 0 Å². The maximum Gasteiger partial charge on any atom is 0.338 e. The Labute approximate surface area is 215 Å². The predicted molar refractivity (Wildman–Crippen MR) is 143 cm³/mol. The Morgan fingerprint density at radius 2 is 1.86 bits per heavy atom. The van der Waals surface area contributed by atoms with E-state index in [2.05, 4.69) is 5.32 Å². The molecule has 0 aliphatic rings. The maximum atomic E-state index is 13.2. The van der Waals surface area contributed by atoms with Gasteiger partial charge in [-0.3, -0.25) is 4.79 Å². The lowest BCUT2D eigenvalue weighted by Gasteiger charge is -2.07. The van der Waals surface area contributed by atoms with Crippen molar-refractivity contribution in [2.45, 2.75) is 6.92 Å². The zero-order valence-electron chi connectivity index (χ0n) is 19.1. The van der Waals surface area contributed by atoms with Gasteiger partial charge in [0.1, 0.15) is 15.5 Å². The highest BCUT2D eigenvalue weighted by molar-refractivity contribution is 7.21. The van der Waals surface area contributed by atoms with Crippen molar-refractivity contribution >= 4 is 56.4 Å². The number of nitrogens with one attached hydrogen (secondary N) is 1. The van der Waals surface area contributed by atoms with Gasteiger partial charge in [0.25, 0.3) is 5.91 Å². The molecular weight excluding hydrogens is 498 g/mol. The normalized spacial score (nSPS) is 10.9. The molecule has 0 aliphatic carbocycles. The van der Waals surface area contributed by atoms with Gasteiger partial charge in [-0.15, -0.1) is 11.3 Å². The number of benzene rings is 2.